The topological polar surface area (TPSA) is 109 Å². The predicted octanol–water partition coefficient (Wildman–Crippen LogP) is 2.27. The summed E-state index contributed by atoms with van der Waals surface area (Å²) in [5.41, 5.74) is 0.816. The van der Waals surface area contributed by atoms with Gasteiger partial charge in [-0.1, -0.05) is 18.2 Å². The molecule has 9 heteroatoms. The molecule has 0 spiro atoms. The molecular formula is C16H11N5O4. The molecule has 0 atom stereocenters. The van der Waals surface area contributed by atoms with Crippen LogP contribution in [0.1, 0.15) is 16.4 Å². The van der Waals surface area contributed by atoms with Crippen LogP contribution in [-0.4, -0.2) is 31.2 Å². The SMILES string of the molecule is O=C(OCc1nnc(-c2ccco2)o1)c1cnn(-c2ccccc2)n1. The van der Waals surface area contributed by atoms with E-state index in [-0.39, 0.29) is 24.1 Å². The number of carbonyl (C=O) groups is 1. The van der Waals surface area contributed by atoms with Crippen molar-refractivity contribution in [3.63, 3.8) is 0 Å². The van der Waals surface area contributed by atoms with Crippen molar-refractivity contribution in [3.8, 4) is 17.3 Å². The van der Waals surface area contributed by atoms with Crippen molar-refractivity contribution in [2.24, 2.45) is 0 Å². The smallest absolute Gasteiger partial charge is 0.361 e. The molecule has 0 aliphatic carbocycles. The molecule has 124 valence electrons. The van der Waals surface area contributed by atoms with E-state index in [4.69, 9.17) is 13.6 Å². The summed E-state index contributed by atoms with van der Waals surface area (Å²) in [4.78, 5) is 13.4. The standard InChI is InChI=1S/C16H11N5O4/c22-16(12-9-17-21(20-12)11-5-2-1-3-6-11)24-10-14-18-19-15(25-14)13-7-4-8-23-13/h1-9H,10H2. The maximum absolute atomic E-state index is 12.1. The first kappa shape index (κ1) is 14.8. The molecule has 0 N–H and O–H groups in total. The zero-order chi connectivity index (χ0) is 17.1. The van der Waals surface area contributed by atoms with Gasteiger partial charge in [0.05, 0.1) is 18.1 Å². The van der Waals surface area contributed by atoms with Gasteiger partial charge in [-0.2, -0.15) is 9.90 Å². The first-order chi connectivity index (χ1) is 12.3. The van der Waals surface area contributed by atoms with Crippen LogP contribution in [-0.2, 0) is 11.3 Å². The minimum absolute atomic E-state index is 0.0784. The van der Waals surface area contributed by atoms with Gasteiger partial charge >= 0.3 is 5.97 Å². The van der Waals surface area contributed by atoms with Gasteiger partial charge in [0.25, 0.3) is 11.8 Å². The summed E-state index contributed by atoms with van der Waals surface area (Å²) in [5, 5.41) is 15.7. The molecule has 3 aromatic heterocycles. The van der Waals surface area contributed by atoms with Gasteiger partial charge in [-0.25, -0.2) is 4.79 Å². The molecule has 0 bridgehead atoms. The fraction of sp³-hybridized carbons (Fsp3) is 0.0625. The molecule has 1 aromatic carbocycles. The average Bonchev–Trinajstić information content (AvgIpc) is 3.41. The Bertz CT molecular complexity index is 975. The second-order valence-corrected chi connectivity index (χ2v) is 4.91. The Morgan fingerprint density at radius 3 is 2.80 bits per heavy atom. The van der Waals surface area contributed by atoms with Crippen molar-refractivity contribution in [2.45, 2.75) is 6.61 Å². The highest BCUT2D eigenvalue weighted by atomic mass is 16.5. The van der Waals surface area contributed by atoms with Crippen LogP contribution in [0.15, 0.2) is 63.8 Å². The Hall–Kier alpha value is -3.75. The van der Waals surface area contributed by atoms with Crippen LogP contribution >= 0.6 is 0 Å². The van der Waals surface area contributed by atoms with Gasteiger partial charge in [-0.05, 0) is 24.3 Å². The Kier molecular flexibility index (Phi) is 3.79. The van der Waals surface area contributed by atoms with Crippen LogP contribution in [0.2, 0.25) is 0 Å². The van der Waals surface area contributed by atoms with Crippen LogP contribution in [0.3, 0.4) is 0 Å². The number of aromatic nitrogens is 5. The van der Waals surface area contributed by atoms with Crippen LogP contribution in [0.5, 0.6) is 0 Å². The predicted molar refractivity (Wildman–Crippen MR) is 82.5 cm³/mol. The molecule has 0 saturated heterocycles. The lowest BCUT2D eigenvalue weighted by Gasteiger charge is -1.99. The lowest BCUT2D eigenvalue weighted by molar-refractivity contribution is 0.0431. The van der Waals surface area contributed by atoms with Crippen molar-refractivity contribution in [1.29, 1.82) is 0 Å². The number of furan rings is 1. The molecule has 0 unspecified atom stereocenters. The van der Waals surface area contributed by atoms with E-state index in [1.54, 1.807) is 12.1 Å². The highest BCUT2D eigenvalue weighted by Gasteiger charge is 2.16. The number of para-hydroxylation sites is 1. The molecule has 3 heterocycles. The number of ether oxygens (including phenoxy) is 1. The van der Waals surface area contributed by atoms with Crippen LogP contribution in [0.25, 0.3) is 17.3 Å². The number of hydrogen-bond acceptors (Lipinski definition) is 8. The number of esters is 1. The Labute approximate surface area is 140 Å². The molecule has 4 aromatic rings. The van der Waals surface area contributed by atoms with Gasteiger partial charge in [-0.3, -0.25) is 0 Å². The highest BCUT2D eigenvalue weighted by molar-refractivity contribution is 5.86. The third kappa shape index (κ3) is 3.15. The zero-order valence-electron chi connectivity index (χ0n) is 12.8. The summed E-state index contributed by atoms with van der Waals surface area (Å²) in [7, 11) is 0. The second-order valence-electron chi connectivity index (χ2n) is 4.91. The van der Waals surface area contributed by atoms with Crippen LogP contribution < -0.4 is 0 Å². The van der Waals surface area contributed by atoms with Crippen molar-refractivity contribution in [2.75, 3.05) is 0 Å². The van der Waals surface area contributed by atoms with Gasteiger partial charge in [0.15, 0.2) is 18.1 Å². The summed E-state index contributed by atoms with van der Waals surface area (Å²) in [6, 6.07) is 12.6. The quantitative estimate of drug-likeness (QED) is 0.510. The van der Waals surface area contributed by atoms with E-state index >= 15 is 0 Å². The van der Waals surface area contributed by atoms with Gasteiger partial charge in [0.2, 0.25) is 0 Å². The molecule has 0 aliphatic heterocycles. The summed E-state index contributed by atoms with van der Waals surface area (Å²) in [6.07, 6.45) is 2.83. The number of benzene rings is 1. The normalized spacial score (nSPS) is 10.7. The largest absolute Gasteiger partial charge is 0.459 e. The van der Waals surface area contributed by atoms with Crippen molar-refractivity contribution >= 4 is 5.97 Å². The van der Waals surface area contributed by atoms with E-state index in [1.807, 2.05) is 30.3 Å². The van der Waals surface area contributed by atoms with Gasteiger partial charge in [-0.15, -0.1) is 15.3 Å². The fourth-order valence-corrected chi connectivity index (χ4v) is 2.06. The molecule has 4 rings (SSSR count). The third-order valence-corrected chi connectivity index (χ3v) is 3.21. The van der Waals surface area contributed by atoms with E-state index in [0.717, 1.165) is 5.69 Å². The van der Waals surface area contributed by atoms with Crippen molar-refractivity contribution < 1.29 is 18.4 Å². The molecular weight excluding hydrogens is 326 g/mol. The molecule has 0 fully saturated rings. The van der Waals surface area contributed by atoms with E-state index in [1.165, 1.54) is 17.3 Å². The van der Waals surface area contributed by atoms with Gasteiger partial charge in [0, 0.05) is 0 Å². The molecule has 0 saturated carbocycles. The number of nitrogens with zero attached hydrogens (tertiary/aromatic N) is 5. The third-order valence-electron chi connectivity index (χ3n) is 3.21. The molecule has 0 amide bonds. The summed E-state index contributed by atoms with van der Waals surface area (Å²) in [5.74, 6) is 0.164. The molecule has 0 aliphatic rings. The number of carbonyl (C=O) groups excluding carboxylic acids is 1. The minimum atomic E-state index is -0.639. The lowest BCUT2D eigenvalue weighted by Crippen LogP contribution is -2.07. The maximum atomic E-state index is 12.1. The van der Waals surface area contributed by atoms with E-state index in [2.05, 4.69) is 20.4 Å². The summed E-state index contributed by atoms with van der Waals surface area (Å²) >= 11 is 0. The summed E-state index contributed by atoms with van der Waals surface area (Å²) < 4.78 is 15.6. The average molecular weight is 337 g/mol. The first-order valence-electron chi connectivity index (χ1n) is 7.31. The number of rotatable bonds is 5. The Morgan fingerprint density at radius 1 is 1.12 bits per heavy atom. The Morgan fingerprint density at radius 2 is 2.00 bits per heavy atom. The lowest BCUT2D eigenvalue weighted by atomic mass is 10.3. The Balaban J connectivity index is 1.40. The van der Waals surface area contributed by atoms with E-state index in [0.29, 0.717) is 5.76 Å². The first-order valence-corrected chi connectivity index (χ1v) is 7.31. The fourth-order valence-electron chi connectivity index (χ4n) is 2.06. The molecule has 25 heavy (non-hydrogen) atoms. The second kappa shape index (κ2) is 6.40. The van der Waals surface area contributed by atoms with Crippen molar-refractivity contribution in [1.82, 2.24) is 25.2 Å². The number of hydrogen-bond donors (Lipinski definition) is 0. The van der Waals surface area contributed by atoms with E-state index in [9.17, 15) is 4.79 Å². The van der Waals surface area contributed by atoms with Crippen LogP contribution in [0, 0.1) is 0 Å². The van der Waals surface area contributed by atoms with Crippen molar-refractivity contribution in [3.05, 3.63) is 66.5 Å². The molecule has 0 radical (unpaired) electrons. The van der Waals surface area contributed by atoms with Gasteiger partial charge in [0.1, 0.15) is 0 Å². The van der Waals surface area contributed by atoms with Gasteiger partial charge < -0.3 is 13.6 Å². The molecule has 9 nitrogen and oxygen atoms in total. The monoisotopic (exact) mass is 337 g/mol. The van der Waals surface area contributed by atoms with E-state index < -0.39 is 5.97 Å². The summed E-state index contributed by atoms with van der Waals surface area (Å²) in [6.45, 7) is -0.176. The highest BCUT2D eigenvalue weighted by Crippen LogP contribution is 2.18. The maximum Gasteiger partial charge on any atom is 0.361 e. The zero-order valence-corrected chi connectivity index (χ0v) is 12.8. The van der Waals surface area contributed by atoms with Crippen LogP contribution in [0.4, 0.5) is 0 Å². The minimum Gasteiger partial charge on any atom is -0.459 e.